The van der Waals surface area contributed by atoms with Crippen molar-refractivity contribution in [2.45, 2.75) is 45.4 Å². The molecule has 10 nitrogen and oxygen atoms in total. The van der Waals surface area contributed by atoms with Crippen molar-refractivity contribution in [1.82, 2.24) is 9.69 Å². The predicted octanol–water partition coefficient (Wildman–Crippen LogP) is 3.81. The first-order valence-electron chi connectivity index (χ1n) is 12.8. The van der Waals surface area contributed by atoms with Gasteiger partial charge in [-0.15, -0.1) is 10.7 Å². The minimum atomic E-state index is -0.464. The van der Waals surface area contributed by atoms with Crippen molar-refractivity contribution >= 4 is 12.1 Å². The Hall–Kier alpha value is -3.64. The molecule has 0 saturated heterocycles. The third kappa shape index (κ3) is 8.67. The van der Waals surface area contributed by atoms with Crippen molar-refractivity contribution in [3.8, 4) is 23.2 Å². The molecular formula is C30H36N7O3W-3. The van der Waals surface area contributed by atoms with Crippen LogP contribution < -0.4 is 16.3 Å². The van der Waals surface area contributed by atoms with E-state index in [2.05, 4.69) is 37.5 Å². The summed E-state index contributed by atoms with van der Waals surface area (Å²) < 4.78 is 13.9. The minimum Gasteiger partial charge on any atom is -0.496 e. The zero-order chi connectivity index (χ0) is 29.3. The summed E-state index contributed by atoms with van der Waals surface area (Å²) in [7, 11) is 3.21. The SMILES string of the molecule is COc1cc2c(cc1/C(N)=N/N(C)N)-c1c(CC(C)(C)OCc3ccccc3)cc([C-]=O)n1CC2.[CH2-]C[N-]C#N.[W]. The van der Waals surface area contributed by atoms with E-state index in [0.29, 0.717) is 43.1 Å². The van der Waals surface area contributed by atoms with Gasteiger partial charge in [0.15, 0.2) is 5.84 Å². The molecule has 4 N–H and O–H groups in total. The molecule has 0 saturated carbocycles. The summed E-state index contributed by atoms with van der Waals surface area (Å²) in [6.45, 7) is 8.96. The number of aromatic nitrogens is 1. The Morgan fingerprint density at radius 1 is 1.29 bits per heavy atom. The van der Waals surface area contributed by atoms with Crippen LogP contribution in [0, 0.1) is 18.4 Å². The smallest absolute Gasteiger partial charge is 0.156 e. The molecule has 0 unspecified atom stereocenters. The fourth-order valence-corrected chi connectivity index (χ4v) is 4.66. The van der Waals surface area contributed by atoms with Crippen LogP contribution in [0.5, 0.6) is 5.75 Å². The van der Waals surface area contributed by atoms with Gasteiger partial charge >= 0.3 is 0 Å². The molecule has 0 atom stereocenters. The molecule has 1 aliphatic heterocycles. The van der Waals surface area contributed by atoms with Crippen LogP contribution in [0.15, 0.2) is 53.6 Å². The molecule has 0 fully saturated rings. The zero-order valence-corrected chi connectivity index (χ0v) is 26.8. The van der Waals surface area contributed by atoms with Crippen LogP contribution in [0.25, 0.3) is 16.6 Å². The quantitative estimate of drug-likeness (QED) is 0.0808. The van der Waals surface area contributed by atoms with Crippen LogP contribution >= 0.6 is 0 Å². The Morgan fingerprint density at radius 2 is 2.00 bits per heavy atom. The van der Waals surface area contributed by atoms with Gasteiger partial charge in [-0.3, -0.25) is 0 Å². The first-order chi connectivity index (χ1) is 19.1. The Labute approximate surface area is 256 Å². The number of benzene rings is 2. The summed E-state index contributed by atoms with van der Waals surface area (Å²) in [6.07, 6.45) is 5.06. The number of aryl methyl sites for hydroxylation is 1. The van der Waals surface area contributed by atoms with E-state index in [1.165, 1.54) is 0 Å². The van der Waals surface area contributed by atoms with Gasteiger partial charge in [-0.1, -0.05) is 42.2 Å². The zero-order valence-electron chi connectivity index (χ0n) is 23.9. The molecule has 0 radical (unpaired) electrons. The summed E-state index contributed by atoms with van der Waals surface area (Å²) in [5, 5.41) is 16.1. The van der Waals surface area contributed by atoms with Crippen LogP contribution in [0.1, 0.15) is 41.8 Å². The van der Waals surface area contributed by atoms with Crippen LogP contribution in [-0.2, 0) is 56.6 Å². The topological polar surface area (TPSA) is 146 Å². The molecule has 11 heteroatoms. The van der Waals surface area contributed by atoms with Gasteiger partial charge in [0.1, 0.15) is 5.75 Å². The van der Waals surface area contributed by atoms with E-state index in [4.69, 9.17) is 26.3 Å². The molecule has 41 heavy (non-hydrogen) atoms. The van der Waals surface area contributed by atoms with Crippen molar-refractivity contribution in [3.63, 3.8) is 0 Å². The number of hydrazone groups is 1. The van der Waals surface area contributed by atoms with Gasteiger partial charge in [-0.25, -0.2) is 11.0 Å². The number of rotatable bonds is 10. The Balaban J connectivity index is 0.000000902. The number of amidine groups is 1. The molecule has 3 aromatic rings. The first kappa shape index (κ1) is 33.6. The fraction of sp³-hybridized carbons (Fsp3) is 0.333. The maximum atomic E-state index is 11.8. The maximum Gasteiger partial charge on any atom is 0.156 e. The molecule has 0 aliphatic carbocycles. The standard InChI is InChI=1S/C27H32N5O3.C3H4N2.W/c1-27(2,35-17-18-8-6-5-7-9-18)15-20-12-21(16-33)32-11-10-19-13-24(34-4)23(14-22(19)25(20)32)26(28)30-31(3)29;1-2-5-3-4;/h5-9,12-14H,10-11,15,17,29H2,1-4H3,(H2,28,30);1-2H2;/q-1;-2;. The Bertz CT molecular complexity index is 1380. The second-order valence-corrected chi connectivity index (χ2v) is 9.87. The predicted molar refractivity (Wildman–Crippen MR) is 156 cm³/mol. The summed E-state index contributed by atoms with van der Waals surface area (Å²) in [6, 6.07) is 16.0. The van der Waals surface area contributed by atoms with E-state index in [1.807, 2.05) is 53.1 Å². The summed E-state index contributed by atoms with van der Waals surface area (Å²) >= 11 is 0. The average Bonchev–Trinajstić information content (AvgIpc) is 3.29. The fourth-order valence-electron chi connectivity index (χ4n) is 4.66. The Morgan fingerprint density at radius 3 is 2.56 bits per heavy atom. The van der Waals surface area contributed by atoms with Crippen molar-refractivity contribution in [2.24, 2.45) is 16.7 Å². The molecule has 0 bridgehead atoms. The number of carbonyl (C=O) groups excluding carboxylic acids is 1. The molecule has 2 aromatic carbocycles. The molecule has 1 aromatic heterocycles. The molecule has 1 aliphatic rings. The molecular weight excluding hydrogens is 690 g/mol. The van der Waals surface area contributed by atoms with Gasteiger partial charge in [0.05, 0.1) is 24.9 Å². The number of nitrogens with two attached hydrogens (primary N) is 2. The normalized spacial score (nSPS) is 12.0. The average molecular weight is 727 g/mol. The largest absolute Gasteiger partial charge is 0.496 e. The minimum absolute atomic E-state index is 0. The number of nitriles is 1. The number of hydrazine groups is 1. The van der Waals surface area contributed by atoms with Crippen LogP contribution in [0.2, 0.25) is 0 Å². The second-order valence-electron chi connectivity index (χ2n) is 9.87. The maximum absolute atomic E-state index is 11.8. The summed E-state index contributed by atoms with van der Waals surface area (Å²) in [4.78, 5) is 11.8. The van der Waals surface area contributed by atoms with Crippen molar-refractivity contribution in [3.05, 3.63) is 88.7 Å². The molecule has 0 spiro atoms. The van der Waals surface area contributed by atoms with Crippen molar-refractivity contribution < 1.29 is 35.3 Å². The van der Waals surface area contributed by atoms with Crippen LogP contribution in [0.4, 0.5) is 0 Å². The second kappa shape index (κ2) is 15.4. The van der Waals surface area contributed by atoms with Gasteiger partial charge in [-0.2, -0.15) is 12.6 Å². The number of nitrogens with zero attached hydrogens (tertiary/aromatic N) is 5. The van der Waals surface area contributed by atoms with E-state index < -0.39 is 5.60 Å². The molecule has 0 amide bonds. The molecule has 4 rings (SSSR count). The number of methoxy groups -OCH3 is 1. The van der Waals surface area contributed by atoms with Gasteiger partial charge in [0.2, 0.25) is 0 Å². The van der Waals surface area contributed by atoms with Gasteiger partial charge < -0.3 is 42.1 Å². The van der Waals surface area contributed by atoms with Gasteiger partial charge in [-0.05, 0) is 49.9 Å². The van der Waals surface area contributed by atoms with Crippen molar-refractivity contribution in [2.75, 3.05) is 20.7 Å². The monoisotopic (exact) mass is 726 g/mol. The van der Waals surface area contributed by atoms with E-state index in [-0.39, 0.29) is 26.9 Å². The van der Waals surface area contributed by atoms with E-state index in [1.54, 1.807) is 20.4 Å². The molecule has 2 heterocycles. The van der Waals surface area contributed by atoms with Gasteiger partial charge in [0, 0.05) is 52.2 Å². The first-order valence-corrected chi connectivity index (χ1v) is 12.8. The number of hydrogen-bond donors (Lipinski definition) is 2. The van der Waals surface area contributed by atoms with Crippen molar-refractivity contribution in [1.29, 1.82) is 5.26 Å². The van der Waals surface area contributed by atoms with E-state index >= 15 is 0 Å². The number of fused-ring (bicyclic) bond motifs is 3. The summed E-state index contributed by atoms with van der Waals surface area (Å²) in [5.74, 6) is 6.56. The third-order valence-electron chi connectivity index (χ3n) is 6.38. The third-order valence-corrected chi connectivity index (χ3v) is 6.38. The number of ether oxygens (including phenoxy) is 2. The Kier molecular flexibility index (Phi) is 12.6. The molecule has 218 valence electrons. The van der Waals surface area contributed by atoms with Gasteiger partial charge in [0.25, 0.3) is 0 Å². The number of hydrogen-bond acceptors (Lipinski definition) is 7. The van der Waals surface area contributed by atoms with E-state index in [0.717, 1.165) is 39.5 Å². The van der Waals surface area contributed by atoms with Crippen LogP contribution in [0.3, 0.4) is 0 Å². The summed E-state index contributed by atoms with van der Waals surface area (Å²) in [5.41, 5.74) is 12.2. The van der Waals surface area contributed by atoms with Crippen LogP contribution in [-0.4, -0.2) is 48.1 Å². The van der Waals surface area contributed by atoms with E-state index in [9.17, 15) is 4.79 Å².